The molecule has 0 spiro atoms. The molecule has 3 heterocycles. The molecule has 1 amide bonds. The van der Waals surface area contributed by atoms with Crippen LogP contribution in [0.5, 0.6) is 5.75 Å². The van der Waals surface area contributed by atoms with Crippen LogP contribution in [0.4, 0.5) is 5.13 Å². The van der Waals surface area contributed by atoms with Gasteiger partial charge in [-0.15, -0.1) is 10.2 Å². The summed E-state index contributed by atoms with van der Waals surface area (Å²) in [6, 6.07) is 19.5. The molecule has 0 aliphatic carbocycles. The fraction of sp³-hybridized carbons (Fsp3) is 0.200. The molecule has 1 saturated heterocycles. The Hall–Kier alpha value is -3.66. The Labute approximate surface area is 244 Å². The number of carbonyl (C=O) groups is 2. The maximum atomic E-state index is 13.5. The van der Waals surface area contributed by atoms with E-state index in [-0.39, 0.29) is 22.6 Å². The molecule has 7 nitrogen and oxygen atoms in total. The largest absolute Gasteiger partial charge is 0.507 e. The van der Waals surface area contributed by atoms with Crippen LogP contribution in [0.15, 0.2) is 76.6 Å². The molecule has 2 aliphatic rings. The van der Waals surface area contributed by atoms with Gasteiger partial charge in [0.05, 0.1) is 11.6 Å². The molecule has 1 aromatic heterocycles. The lowest BCUT2D eigenvalue weighted by Gasteiger charge is -2.22. The second kappa shape index (κ2) is 10.7. The third-order valence-electron chi connectivity index (χ3n) is 6.86. The second-order valence-corrected chi connectivity index (χ2v) is 12.4. The van der Waals surface area contributed by atoms with Crippen LogP contribution in [0.1, 0.15) is 40.8 Å². The predicted molar refractivity (Wildman–Crippen MR) is 157 cm³/mol. The van der Waals surface area contributed by atoms with E-state index in [0.717, 1.165) is 16.9 Å². The predicted octanol–water partition coefficient (Wildman–Crippen LogP) is 6.74. The van der Waals surface area contributed by atoms with Crippen LogP contribution in [-0.2, 0) is 21.8 Å². The zero-order valence-corrected chi connectivity index (χ0v) is 24.0. The number of nitrogens with zero attached hydrogens (tertiary/aromatic N) is 3. The van der Waals surface area contributed by atoms with Crippen LogP contribution in [0, 0.1) is 6.92 Å². The Bertz CT molecular complexity index is 1670. The van der Waals surface area contributed by atoms with Crippen LogP contribution < -0.4 is 9.64 Å². The number of fused-ring (bicyclic) bond motifs is 1. The first-order valence-electron chi connectivity index (χ1n) is 12.7. The van der Waals surface area contributed by atoms with E-state index in [9.17, 15) is 14.7 Å². The highest BCUT2D eigenvalue weighted by atomic mass is 35.5. The lowest BCUT2D eigenvalue weighted by Crippen LogP contribution is -2.29. The van der Waals surface area contributed by atoms with E-state index in [1.807, 2.05) is 13.8 Å². The van der Waals surface area contributed by atoms with Gasteiger partial charge in [-0.1, -0.05) is 76.7 Å². The van der Waals surface area contributed by atoms with Crippen molar-refractivity contribution in [1.29, 1.82) is 0 Å². The van der Waals surface area contributed by atoms with E-state index < -0.39 is 17.7 Å². The van der Waals surface area contributed by atoms with Crippen molar-refractivity contribution < 1.29 is 19.4 Å². The molecule has 1 fully saturated rings. The normalized spacial score (nSPS) is 19.6. The highest BCUT2D eigenvalue weighted by Crippen LogP contribution is 2.45. The van der Waals surface area contributed by atoms with Crippen molar-refractivity contribution in [2.24, 2.45) is 0 Å². The van der Waals surface area contributed by atoms with E-state index in [1.54, 1.807) is 42.5 Å². The molecule has 0 bridgehead atoms. The summed E-state index contributed by atoms with van der Waals surface area (Å²) in [4.78, 5) is 28.3. The Balaban J connectivity index is 1.38. The number of Topliss-reactive ketones (excluding diaryl/α,β-unsaturated/α-hetero) is 1. The molecule has 0 saturated carbocycles. The van der Waals surface area contributed by atoms with Gasteiger partial charge in [-0.3, -0.25) is 14.5 Å². The summed E-state index contributed by atoms with van der Waals surface area (Å²) in [5, 5.41) is 20.7. The van der Waals surface area contributed by atoms with Crippen molar-refractivity contribution in [2.75, 3.05) is 4.90 Å². The number of aryl methyl sites for hydroxylation is 1. The van der Waals surface area contributed by atoms with Crippen molar-refractivity contribution in [3.8, 4) is 5.75 Å². The summed E-state index contributed by atoms with van der Waals surface area (Å²) >= 11 is 9.05. The number of hydrogen-bond acceptors (Lipinski definition) is 8. The standard InChI is InChI=1S/C30H24ClN3O4S2/c1-16-6-8-18(9-7-16)15-39-30-33-32-29(40-30)34-25(19-4-3-5-22(31)14-19)24(27(36)28(34)37)26(35)20-10-11-23-21(13-20)12-17(2)38-23/h3-11,13-14,17,25,35H,12,15H2,1-2H3/b26-24+/t17-,25+/m1/s1. The van der Waals surface area contributed by atoms with Crippen molar-refractivity contribution >= 4 is 57.3 Å². The molecule has 0 unspecified atom stereocenters. The number of rotatable bonds is 6. The minimum Gasteiger partial charge on any atom is -0.507 e. The number of aliphatic hydroxyl groups excluding tert-OH is 1. The molecular formula is C30H24ClN3O4S2. The molecule has 2 atom stereocenters. The highest BCUT2D eigenvalue weighted by molar-refractivity contribution is 8.00. The van der Waals surface area contributed by atoms with Gasteiger partial charge in [-0.05, 0) is 60.9 Å². The average molecular weight is 590 g/mol. The van der Waals surface area contributed by atoms with Gasteiger partial charge in [0.2, 0.25) is 5.13 Å². The maximum absolute atomic E-state index is 13.5. The van der Waals surface area contributed by atoms with Crippen molar-refractivity contribution in [3.05, 3.63) is 105 Å². The van der Waals surface area contributed by atoms with Gasteiger partial charge in [0.1, 0.15) is 17.6 Å². The zero-order valence-electron chi connectivity index (χ0n) is 21.6. The number of halogens is 1. The van der Waals surface area contributed by atoms with Crippen molar-refractivity contribution in [3.63, 3.8) is 0 Å². The van der Waals surface area contributed by atoms with E-state index >= 15 is 0 Å². The first-order valence-corrected chi connectivity index (χ1v) is 14.8. The minimum atomic E-state index is -0.926. The fourth-order valence-corrected chi connectivity index (χ4v) is 6.96. The number of thioether (sulfide) groups is 1. The molecular weight excluding hydrogens is 566 g/mol. The smallest absolute Gasteiger partial charge is 0.301 e. The van der Waals surface area contributed by atoms with Crippen LogP contribution in [0.25, 0.3) is 5.76 Å². The third kappa shape index (κ3) is 5.00. The highest BCUT2D eigenvalue weighted by Gasteiger charge is 2.48. The number of carbonyl (C=O) groups excluding carboxylic acids is 2. The molecule has 1 N–H and O–H groups in total. The van der Waals surface area contributed by atoms with E-state index in [1.165, 1.54) is 33.6 Å². The number of anilines is 1. The lowest BCUT2D eigenvalue weighted by atomic mass is 9.94. The quantitative estimate of drug-likeness (QED) is 0.0875. The number of benzene rings is 3. The first-order chi connectivity index (χ1) is 19.3. The van der Waals surface area contributed by atoms with Crippen LogP contribution in [0.3, 0.4) is 0 Å². The summed E-state index contributed by atoms with van der Waals surface area (Å²) in [7, 11) is 0. The van der Waals surface area contributed by atoms with Crippen molar-refractivity contribution in [1.82, 2.24) is 10.2 Å². The van der Waals surface area contributed by atoms with Gasteiger partial charge in [0.25, 0.3) is 5.78 Å². The van der Waals surface area contributed by atoms with Gasteiger partial charge >= 0.3 is 5.91 Å². The summed E-state index contributed by atoms with van der Waals surface area (Å²) in [6.45, 7) is 4.01. The summed E-state index contributed by atoms with van der Waals surface area (Å²) < 4.78 is 6.44. The molecule has 0 radical (unpaired) electrons. The first kappa shape index (κ1) is 26.6. The third-order valence-corrected chi connectivity index (χ3v) is 9.23. The summed E-state index contributed by atoms with van der Waals surface area (Å²) in [5.41, 5.74) is 4.25. The van der Waals surface area contributed by atoms with E-state index in [4.69, 9.17) is 16.3 Å². The monoisotopic (exact) mass is 589 g/mol. The molecule has 10 heteroatoms. The molecule has 3 aromatic carbocycles. The van der Waals surface area contributed by atoms with Crippen LogP contribution in [-0.4, -0.2) is 33.1 Å². The van der Waals surface area contributed by atoms with Crippen molar-refractivity contribution in [2.45, 2.75) is 42.5 Å². The zero-order chi connectivity index (χ0) is 28.0. The maximum Gasteiger partial charge on any atom is 0.301 e. The molecule has 2 aliphatic heterocycles. The summed E-state index contributed by atoms with van der Waals surface area (Å²) in [6.07, 6.45) is 0.718. The van der Waals surface area contributed by atoms with Crippen LogP contribution >= 0.6 is 34.7 Å². The van der Waals surface area contributed by atoms with Gasteiger partial charge < -0.3 is 9.84 Å². The van der Waals surface area contributed by atoms with Gasteiger partial charge in [-0.25, -0.2) is 0 Å². The van der Waals surface area contributed by atoms with E-state index in [0.29, 0.717) is 32.7 Å². The number of amides is 1. The number of hydrogen-bond donors (Lipinski definition) is 1. The molecule has 6 rings (SSSR count). The Morgan fingerprint density at radius 2 is 1.93 bits per heavy atom. The average Bonchev–Trinajstić information content (AvgIpc) is 3.63. The van der Waals surface area contributed by atoms with Crippen LogP contribution in [0.2, 0.25) is 5.02 Å². The number of aliphatic hydroxyl groups is 1. The minimum absolute atomic E-state index is 0.0248. The Morgan fingerprint density at radius 3 is 2.70 bits per heavy atom. The molecule has 40 heavy (non-hydrogen) atoms. The second-order valence-electron chi connectivity index (χ2n) is 9.80. The fourth-order valence-electron chi connectivity index (χ4n) is 4.93. The van der Waals surface area contributed by atoms with E-state index in [2.05, 4.69) is 34.5 Å². The summed E-state index contributed by atoms with van der Waals surface area (Å²) in [5.74, 6) is -0.397. The number of ether oxygens (including phenoxy) is 1. The van der Waals surface area contributed by atoms with Gasteiger partial charge in [-0.2, -0.15) is 0 Å². The number of ketones is 1. The van der Waals surface area contributed by atoms with Gasteiger partial charge in [0.15, 0.2) is 4.34 Å². The topological polar surface area (TPSA) is 92.6 Å². The molecule has 202 valence electrons. The Morgan fingerprint density at radius 1 is 1.12 bits per heavy atom. The van der Waals surface area contributed by atoms with Gasteiger partial charge in [0, 0.05) is 22.8 Å². The number of aromatic nitrogens is 2. The molecule has 4 aromatic rings. The lowest BCUT2D eigenvalue weighted by molar-refractivity contribution is -0.132. The Kier molecular flexibility index (Phi) is 7.12. The SMILES string of the molecule is Cc1ccc(CSc2nnc(N3C(=O)C(=O)/C(=C(/O)c4ccc5c(c4)C[C@@H](C)O5)[C@@H]3c3cccc(Cl)c3)s2)cc1.